The summed E-state index contributed by atoms with van der Waals surface area (Å²) in [6.07, 6.45) is 0.931. The summed E-state index contributed by atoms with van der Waals surface area (Å²) in [6, 6.07) is 0.0231. The second-order valence-corrected chi connectivity index (χ2v) is 2.80. The van der Waals surface area contributed by atoms with Crippen LogP contribution in [-0.2, 0) is 4.79 Å². The molecular formula is C7H15N3O. The van der Waals surface area contributed by atoms with Gasteiger partial charge in [-0.05, 0) is 6.42 Å². The lowest BCUT2D eigenvalue weighted by Gasteiger charge is -2.30. The normalized spacial score (nSPS) is 31.7. The van der Waals surface area contributed by atoms with Crippen molar-refractivity contribution in [3.8, 4) is 0 Å². The first-order chi connectivity index (χ1) is 5.25. The predicted molar refractivity (Wildman–Crippen MR) is 43.1 cm³/mol. The fourth-order valence-electron chi connectivity index (χ4n) is 1.42. The number of piperazine rings is 1. The second kappa shape index (κ2) is 3.69. The van der Waals surface area contributed by atoms with E-state index in [0.717, 1.165) is 19.5 Å². The van der Waals surface area contributed by atoms with Crippen LogP contribution in [0.25, 0.3) is 0 Å². The first-order valence-corrected chi connectivity index (χ1v) is 4.01. The summed E-state index contributed by atoms with van der Waals surface area (Å²) in [4.78, 5) is 10.8. The van der Waals surface area contributed by atoms with E-state index in [1.165, 1.54) is 0 Å². The molecule has 0 aliphatic carbocycles. The fraction of sp³-hybridized carbons (Fsp3) is 0.857. The Kier molecular flexibility index (Phi) is 2.84. The van der Waals surface area contributed by atoms with Crippen molar-refractivity contribution in [2.45, 2.75) is 25.4 Å². The fourth-order valence-corrected chi connectivity index (χ4v) is 1.42. The molecule has 0 spiro atoms. The van der Waals surface area contributed by atoms with Crippen LogP contribution in [0.1, 0.15) is 13.3 Å². The minimum atomic E-state index is -0.260. The molecule has 1 amide bonds. The van der Waals surface area contributed by atoms with Gasteiger partial charge in [0.2, 0.25) is 5.91 Å². The Bertz CT molecular complexity index is 149. The van der Waals surface area contributed by atoms with Gasteiger partial charge < -0.3 is 16.4 Å². The van der Waals surface area contributed by atoms with Crippen LogP contribution in [0.3, 0.4) is 0 Å². The zero-order valence-electron chi connectivity index (χ0n) is 6.76. The van der Waals surface area contributed by atoms with Gasteiger partial charge in [-0.1, -0.05) is 6.92 Å². The summed E-state index contributed by atoms with van der Waals surface area (Å²) < 4.78 is 0. The third-order valence-electron chi connectivity index (χ3n) is 2.04. The molecule has 11 heavy (non-hydrogen) atoms. The number of nitrogens with two attached hydrogens (primary N) is 1. The molecule has 1 fully saturated rings. The van der Waals surface area contributed by atoms with Crippen molar-refractivity contribution in [1.29, 1.82) is 0 Å². The summed E-state index contributed by atoms with van der Waals surface area (Å²) in [5, 5.41) is 6.32. The van der Waals surface area contributed by atoms with Gasteiger partial charge in [-0.3, -0.25) is 4.79 Å². The second-order valence-electron chi connectivity index (χ2n) is 2.80. The predicted octanol–water partition coefficient (Wildman–Crippen LogP) is -1.19. The Morgan fingerprint density at radius 1 is 1.55 bits per heavy atom. The molecule has 0 aromatic carbocycles. The van der Waals surface area contributed by atoms with E-state index in [2.05, 4.69) is 10.6 Å². The molecule has 2 atom stereocenters. The van der Waals surface area contributed by atoms with Crippen LogP contribution in [0.2, 0.25) is 0 Å². The quantitative estimate of drug-likeness (QED) is 0.472. The van der Waals surface area contributed by atoms with Gasteiger partial charge in [0.15, 0.2) is 0 Å². The van der Waals surface area contributed by atoms with E-state index in [0.29, 0.717) is 0 Å². The van der Waals surface area contributed by atoms with Gasteiger partial charge in [-0.2, -0.15) is 0 Å². The zero-order chi connectivity index (χ0) is 8.27. The van der Waals surface area contributed by atoms with E-state index in [-0.39, 0.29) is 18.0 Å². The molecule has 0 saturated carbocycles. The topological polar surface area (TPSA) is 67.2 Å². The third-order valence-corrected chi connectivity index (χ3v) is 2.04. The van der Waals surface area contributed by atoms with Crippen molar-refractivity contribution < 1.29 is 4.79 Å². The smallest absolute Gasteiger partial charge is 0.236 e. The minimum absolute atomic E-state index is 0.186. The highest BCUT2D eigenvalue weighted by atomic mass is 16.1. The average molecular weight is 157 g/mol. The maximum atomic E-state index is 10.8. The number of primary amides is 1. The number of rotatable bonds is 2. The number of nitrogens with one attached hydrogen (secondary N) is 2. The van der Waals surface area contributed by atoms with Gasteiger partial charge in [0.25, 0.3) is 0 Å². The van der Waals surface area contributed by atoms with Crippen molar-refractivity contribution >= 4 is 5.91 Å². The minimum Gasteiger partial charge on any atom is -0.368 e. The maximum absolute atomic E-state index is 10.8. The largest absolute Gasteiger partial charge is 0.368 e. The molecule has 1 aliphatic rings. The first kappa shape index (κ1) is 8.49. The number of hydrogen-bond acceptors (Lipinski definition) is 3. The summed E-state index contributed by atoms with van der Waals surface area (Å²) >= 11 is 0. The highest BCUT2D eigenvalue weighted by Crippen LogP contribution is 2.01. The van der Waals surface area contributed by atoms with Gasteiger partial charge in [0.05, 0.1) is 0 Å². The Morgan fingerprint density at radius 2 is 2.18 bits per heavy atom. The van der Waals surface area contributed by atoms with E-state index in [4.69, 9.17) is 5.73 Å². The molecule has 0 radical (unpaired) electrons. The van der Waals surface area contributed by atoms with Crippen LogP contribution < -0.4 is 16.4 Å². The number of carbonyl (C=O) groups is 1. The molecule has 4 N–H and O–H groups in total. The van der Waals surface area contributed by atoms with Crippen LogP contribution in [0.4, 0.5) is 0 Å². The molecule has 0 aromatic rings. The van der Waals surface area contributed by atoms with Crippen molar-refractivity contribution in [3.63, 3.8) is 0 Å². The lowest BCUT2D eigenvalue weighted by atomic mass is 10.0. The van der Waals surface area contributed by atoms with Gasteiger partial charge in [-0.25, -0.2) is 0 Å². The average Bonchev–Trinajstić information content (AvgIpc) is 2.04. The summed E-state index contributed by atoms with van der Waals surface area (Å²) in [6.45, 7) is 3.78. The molecule has 0 aromatic heterocycles. The Balaban J connectivity index is 2.51. The van der Waals surface area contributed by atoms with Crippen molar-refractivity contribution in [2.75, 3.05) is 13.1 Å². The summed E-state index contributed by atoms with van der Waals surface area (Å²) in [7, 11) is 0. The Labute approximate surface area is 66.5 Å². The van der Waals surface area contributed by atoms with Crippen molar-refractivity contribution in [1.82, 2.24) is 10.6 Å². The number of carbonyl (C=O) groups excluding carboxylic acids is 1. The molecule has 2 unspecified atom stereocenters. The van der Waals surface area contributed by atoms with Gasteiger partial charge in [-0.15, -0.1) is 0 Å². The SMILES string of the molecule is CCC1NCCNC1C(N)=O. The van der Waals surface area contributed by atoms with Crippen LogP contribution in [0, 0.1) is 0 Å². The molecule has 1 aliphatic heterocycles. The van der Waals surface area contributed by atoms with Crippen LogP contribution in [0.15, 0.2) is 0 Å². The van der Waals surface area contributed by atoms with E-state index in [9.17, 15) is 4.79 Å². The Morgan fingerprint density at radius 3 is 2.64 bits per heavy atom. The monoisotopic (exact) mass is 157 g/mol. The molecule has 1 saturated heterocycles. The lowest BCUT2D eigenvalue weighted by molar-refractivity contribution is -0.121. The molecular weight excluding hydrogens is 142 g/mol. The highest BCUT2D eigenvalue weighted by molar-refractivity contribution is 5.80. The van der Waals surface area contributed by atoms with E-state index in [1.54, 1.807) is 0 Å². The zero-order valence-corrected chi connectivity index (χ0v) is 6.76. The first-order valence-electron chi connectivity index (χ1n) is 4.01. The highest BCUT2D eigenvalue weighted by Gasteiger charge is 2.26. The molecule has 1 rings (SSSR count). The molecule has 4 nitrogen and oxygen atoms in total. The molecule has 0 bridgehead atoms. The number of amides is 1. The van der Waals surface area contributed by atoms with E-state index < -0.39 is 0 Å². The van der Waals surface area contributed by atoms with Gasteiger partial charge in [0.1, 0.15) is 6.04 Å². The molecule has 1 heterocycles. The third kappa shape index (κ3) is 1.91. The Hall–Kier alpha value is -0.610. The number of hydrogen-bond donors (Lipinski definition) is 3. The van der Waals surface area contributed by atoms with E-state index in [1.807, 2.05) is 6.92 Å². The molecule has 64 valence electrons. The standard InChI is InChI=1S/C7H15N3O/c1-2-5-6(7(8)11)10-4-3-9-5/h5-6,9-10H,2-4H2,1H3,(H2,8,11). The summed E-state index contributed by atoms with van der Waals surface area (Å²) in [5.41, 5.74) is 5.19. The molecule has 4 heteroatoms. The van der Waals surface area contributed by atoms with Crippen molar-refractivity contribution in [2.24, 2.45) is 5.73 Å². The van der Waals surface area contributed by atoms with Crippen LogP contribution in [-0.4, -0.2) is 31.1 Å². The maximum Gasteiger partial charge on any atom is 0.236 e. The van der Waals surface area contributed by atoms with E-state index >= 15 is 0 Å². The van der Waals surface area contributed by atoms with Crippen molar-refractivity contribution in [3.05, 3.63) is 0 Å². The van der Waals surface area contributed by atoms with Gasteiger partial charge >= 0.3 is 0 Å². The summed E-state index contributed by atoms with van der Waals surface area (Å²) in [5.74, 6) is -0.260. The lowest BCUT2D eigenvalue weighted by Crippen LogP contribution is -2.60. The van der Waals surface area contributed by atoms with Crippen LogP contribution in [0.5, 0.6) is 0 Å². The van der Waals surface area contributed by atoms with Gasteiger partial charge in [0, 0.05) is 19.1 Å². The van der Waals surface area contributed by atoms with Crippen LogP contribution >= 0.6 is 0 Å².